The van der Waals surface area contributed by atoms with Gasteiger partial charge in [-0.25, -0.2) is 14.3 Å². The molecule has 0 unspecified atom stereocenters. The molecule has 0 aromatic carbocycles. The van der Waals surface area contributed by atoms with Gasteiger partial charge in [0.25, 0.3) is 0 Å². The fourth-order valence-corrected chi connectivity index (χ4v) is 2.59. The second kappa shape index (κ2) is 4.93. The third-order valence-corrected chi connectivity index (χ3v) is 3.32. The minimum Gasteiger partial charge on any atom is -0.480 e. The Labute approximate surface area is 109 Å². The molecule has 0 bridgehead atoms. The van der Waals surface area contributed by atoms with Crippen molar-refractivity contribution in [3.8, 4) is 0 Å². The molecule has 2 aromatic heterocycles. The van der Waals surface area contributed by atoms with E-state index in [-0.39, 0.29) is 0 Å². The molecule has 0 amide bonds. The van der Waals surface area contributed by atoms with E-state index in [1.807, 2.05) is 27.0 Å². The summed E-state index contributed by atoms with van der Waals surface area (Å²) in [6.07, 6.45) is 2.38. The average Bonchev–Trinajstić information content (AvgIpc) is 2.72. The van der Waals surface area contributed by atoms with Gasteiger partial charge in [0.1, 0.15) is 6.04 Å². The number of nitrogens with zero attached hydrogens (tertiary/aromatic N) is 3. The van der Waals surface area contributed by atoms with Crippen LogP contribution in [0.2, 0.25) is 0 Å². The Morgan fingerprint density at radius 3 is 2.89 bits per heavy atom. The maximum Gasteiger partial charge on any atom is 0.326 e. The van der Waals surface area contributed by atoms with Crippen LogP contribution < -0.4 is 5.32 Å². The lowest BCUT2D eigenvalue weighted by molar-refractivity contribution is -0.138. The zero-order valence-corrected chi connectivity index (χ0v) is 11.4. The van der Waals surface area contributed by atoms with Crippen LogP contribution >= 0.6 is 11.3 Å². The lowest BCUT2D eigenvalue weighted by atomic mass is 10.0. The van der Waals surface area contributed by atoms with Crippen LogP contribution in [0.25, 0.3) is 4.96 Å². The van der Waals surface area contributed by atoms with E-state index in [9.17, 15) is 4.79 Å². The maximum absolute atomic E-state index is 11.1. The van der Waals surface area contributed by atoms with Crippen LogP contribution in [-0.2, 0) is 4.79 Å². The first-order valence-corrected chi connectivity index (χ1v) is 6.59. The van der Waals surface area contributed by atoms with Gasteiger partial charge in [-0.05, 0) is 19.3 Å². The number of aryl methyl sites for hydroxylation is 1. The summed E-state index contributed by atoms with van der Waals surface area (Å²) in [7, 11) is 0. The predicted octanol–water partition coefficient (Wildman–Crippen LogP) is 2.01. The van der Waals surface area contributed by atoms with Gasteiger partial charge in [0, 0.05) is 0 Å². The van der Waals surface area contributed by atoms with Crippen LogP contribution in [0.1, 0.15) is 26.0 Å². The summed E-state index contributed by atoms with van der Waals surface area (Å²) in [4.78, 5) is 16.2. The average molecular weight is 268 g/mol. The van der Waals surface area contributed by atoms with E-state index < -0.39 is 12.0 Å². The van der Waals surface area contributed by atoms with E-state index in [1.165, 1.54) is 11.3 Å². The molecule has 2 aromatic rings. The van der Waals surface area contributed by atoms with Crippen LogP contribution in [0.15, 0.2) is 6.20 Å². The Hall–Kier alpha value is -1.63. The van der Waals surface area contributed by atoms with Gasteiger partial charge in [-0.15, -0.1) is 5.10 Å². The highest BCUT2D eigenvalue weighted by Crippen LogP contribution is 2.21. The Morgan fingerprint density at radius 2 is 2.33 bits per heavy atom. The van der Waals surface area contributed by atoms with E-state index in [1.54, 1.807) is 4.52 Å². The highest BCUT2D eigenvalue weighted by atomic mass is 32.1. The molecule has 7 heteroatoms. The summed E-state index contributed by atoms with van der Waals surface area (Å²) < 4.78 is 1.66. The Bertz CT molecular complexity index is 529. The molecular weight excluding hydrogens is 252 g/mol. The minimum atomic E-state index is -0.854. The van der Waals surface area contributed by atoms with Crippen molar-refractivity contribution in [1.29, 1.82) is 0 Å². The molecule has 0 saturated carbocycles. The van der Waals surface area contributed by atoms with E-state index in [0.29, 0.717) is 17.5 Å². The van der Waals surface area contributed by atoms with Gasteiger partial charge < -0.3 is 10.4 Å². The molecular formula is C11H16N4O2S. The van der Waals surface area contributed by atoms with Crippen molar-refractivity contribution >= 4 is 27.4 Å². The van der Waals surface area contributed by atoms with Gasteiger partial charge in [-0.2, -0.15) is 0 Å². The van der Waals surface area contributed by atoms with E-state index >= 15 is 0 Å². The normalized spacial score (nSPS) is 13.1. The molecule has 0 aliphatic carbocycles. The summed E-state index contributed by atoms with van der Waals surface area (Å²) >= 11 is 1.36. The first-order chi connectivity index (χ1) is 8.45. The van der Waals surface area contributed by atoms with Crippen LogP contribution in [0.5, 0.6) is 0 Å². The molecule has 0 aliphatic rings. The van der Waals surface area contributed by atoms with Gasteiger partial charge in [-0.1, -0.05) is 25.2 Å². The molecule has 0 radical (unpaired) electrons. The zero-order valence-electron chi connectivity index (χ0n) is 10.5. The first-order valence-electron chi connectivity index (χ1n) is 5.78. The predicted molar refractivity (Wildman–Crippen MR) is 70.1 cm³/mol. The third-order valence-electron chi connectivity index (χ3n) is 2.47. The molecule has 6 nitrogen and oxygen atoms in total. The number of carboxylic acid groups (broad SMARTS) is 1. The van der Waals surface area contributed by atoms with Crippen molar-refractivity contribution in [3.63, 3.8) is 0 Å². The molecule has 0 saturated heterocycles. The summed E-state index contributed by atoms with van der Waals surface area (Å²) in [6, 6.07) is -0.609. The number of hydrogen-bond acceptors (Lipinski definition) is 5. The number of carbonyl (C=O) groups is 1. The van der Waals surface area contributed by atoms with Gasteiger partial charge >= 0.3 is 5.97 Å². The largest absolute Gasteiger partial charge is 0.480 e. The van der Waals surface area contributed by atoms with Crippen LogP contribution in [0.4, 0.5) is 5.13 Å². The van der Waals surface area contributed by atoms with Gasteiger partial charge in [-0.3, -0.25) is 0 Å². The van der Waals surface area contributed by atoms with Crippen LogP contribution in [-0.4, -0.2) is 31.7 Å². The van der Waals surface area contributed by atoms with Crippen molar-refractivity contribution < 1.29 is 9.90 Å². The third kappa shape index (κ3) is 2.79. The van der Waals surface area contributed by atoms with Crippen molar-refractivity contribution in [2.75, 3.05) is 5.32 Å². The fourth-order valence-electron chi connectivity index (χ4n) is 1.71. The fraction of sp³-hybridized carbons (Fsp3) is 0.545. The van der Waals surface area contributed by atoms with E-state index in [2.05, 4.69) is 15.4 Å². The highest BCUT2D eigenvalue weighted by molar-refractivity contribution is 7.20. The topological polar surface area (TPSA) is 79.5 Å². The number of nitrogens with one attached hydrogen (secondary N) is 1. The lowest BCUT2D eigenvalue weighted by Gasteiger charge is -2.15. The van der Waals surface area contributed by atoms with Crippen molar-refractivity contribution in [1.82, 2.24) is 14.6 Å². The number of rotatable bonds is 5. The van der Waals surface area contributed by atoms with Crippen molar-refractivity contribution in [3.05, 3.63) is 11.9 Å². The Balaban J connectivity index is 2.14. The standard InChI is InChI=1S/C11H16N4O2S/c1-6(2)4-8(9(16)17)13-10-14-15-5-7(3)12-11(15)18-10/h5-6,8H,4H2,1-3H3,(H,13,14)(H,16,17)/t8-/m1/s1. The highest BCUT2D eigenvalue weighted by Gasteiger charge is 2.20. The maximum atomic E-state index is 11.1. The number of hydrogen-bond donors (Lipinski definition) is 2. The molecule has 2 N–H and O–H groups in total. The van der Waals surface area contributed by atoms with E-state index in [0.717, 1.165) is 10.7 Å². The SMILES string of the molecule is Cc1cn2nc(N[C@H](CC(C)C)C(=O)O)sc2n1. The minimum absolute atomic E-state index is 0.310. The number of imidazole rings is 1. The molecule has 1 atom stereocenters. The number of fused-ring (bicyclic) bond motifs is 1. The second-order valence-corrected chi connectivity index (χ2v) is 5.64. The molecule has 2 rings (SSSR count). The van der Waals surface area contributed by atoms with E-state index in [4.69, 9.17) is 5.11 Å². The van der Waals surface area contributed by atoms with Crippen molar-refractivity contribution in [2.24, 2.45) is 5.92 Å². The second-order valence-electron chi connectivity index (χ2n) is 4.68. The molecule has 0 aliphatic heterocycles. The smallest absolute Gasteiger partial charge is 0.326 e. The number of aliphatic carboxylic acids is 1. The quantitative estimate of drug-likeness (QED) is 0.867. The van der Waals surface area contributed by atoms with Crippen molar-refractivity contribution in [2.45, 2.75) is 33.2 Å². The summed E-state index contributed by atoms with van der Waals surface area (Å²) in [5, 5.41) is 16.9. The summed E-state index contributed by atoms with van der Waals surface area (Å²) in [6.45, 7) is 5.89. The van der Waals surface area contributed by atoms with Gasteiger partial charge in [0.2, 0.25) is 10.1 Å². The number of carboxylic acids is 1. The van der Waals surface area contributed by atoms with Crippen LogP contribution in [0.3, 0.4) is 0 Å². The monoisotopic (exact) mass is 268 g/mol. The molecule has 0 fully saturated rings. The van der Waals surface area contributed by atoms with Gasteiger partial charge in [0.05, 0.1) is 11.9 Å². The number of anilines is 1. The zero-order chi connectivity index (χ0) is 13.3. The van der Waals surface area contributed by atoms with Crippen LogP contribution in [0, 0.1) is 12.8 Å². The summed E-state index contributed by atoms with van der Waals surface area (Å²) in [5.41, 5.74) is 0.900. The molecule has 98 valence electrons. The Kier molecular flexibility index (Phi) is 3.51. The molecule has 0 spiro atoms. The summed E-state index contributed by atoms with van der Waals surface area (Å²) in [5.74, 6) is -0.544. The Morgan fingerprint density at radius 1 is 1.61 bits per heavy atom. The number of aromatic nitrogens is 3. The molecule has 2 heterocycles. The first kappa shape index (κ1) is 12.8. The lowest BCUT2D eigenvalue weighted by Crippen LogP contribution is -2.30. The molecule has 18 heavy (non-hydrogen) atoms. The van der Waals surface area contributed by atoms with Gasteiger partial charge in [0.15, 0.2) is 0 Å².